The normalized spacial score (nSPS) is 13.8. The van der Waals surface area contributed by atoms with Crippen LogP contribution in [0.2, 0.25) is 0 Å². The molecule has 2 aromatic carbocycles. The van der Waals surface area contributed by atoms with Gasteiger partial charge in [0.1, 0.15) is 17.2 Å². The van der Waals surface area contributed by atoms with Crippen LogP contribution in [0, 0.1) is 5.92 Å². The lowest BCUT2D eigenvalue weighted by Crippen LogP contribution is -2.45. The molecule has 11 heteroatoms. The first-order chi connectivity index (χ1) is 15.7. The number of furan rings is 1. The summed E-state index contributed by atoms with van der Waals surface area (Å²) in [5.74, 6) is -1.64. The standard InChI is InChI=1S/C22H25N5O5S/c1-13(2)21(22(28)29)27(33(30)31)16-6-8-19-18(9-16)17-7-5-15(10-20(17)32-19)26-12-14(23-24-26)11-25(3)4/h5-10,12-13,21H,11H2,1-4H3,(H,28,29)(H,30,31)/p-1. The van der Waals surface area contributed by atoms with Gasteiger partial charge in [0.05, 0.1) is 23.3 Å². The van der Waals surface area contributed by atoms with Gasteiger partial charge in [0.15, 0.2) is 0 Å². The Balaban J connectivity index is 1.76. The number of rotatable bonds is 8. The maximum absolute atomic E-state index is 12.0. The second-order valence-electron chi connectivity index (χ2n) is 8.43. The number of carbonyl (C=O) groups is 1. The topological polar surface area (TPSA) is 128 Å². The summed E-state index contributed by atoms with van der Waals surface area (Å²) in [6.07, 6.45) is 1.85. The number of benzene rings is 2. The summed E-state index contributed by atoms with van der Waals surface area (Å²) < 4.78 is 32.5. The maximum atomic E-state index is 12.0. The van der Waals surface area contributed by atoms with Crippen LogP contribution in [0.3, 0.4) is 0 Å². The first-order valence-corrected chi connectivity index (χ1v) is 11.3. The van der Waals surface area contributed by atoms with Gasteiger partial charge in [-0.05, 0) is 50.3 Å². The van der Waals surface area contributed by atoms with E-state index in [0.717, 1.165) is 21.1 Å². The van der Waals surface area contributed by atoms with E-state index in [1.165, 1.54) is 0 Å². The Bertz CT molecular complexity index is 1350. The van der Waals surface area contributed by atoms with E-state index in [2.05, 4.69) is 10.3 Å². The Labute approximate surface area is 192 Å². The molecule has 10 nitrogen and oxygen atoms in total. The molecule has 0 aliphatic carbocycles. The second-order valence-corrected chi connectivity index (χ2v) is 9.25. The van der Waals surface area contributed by atoms with E-state index in [1.807, 2.05) is 43.4 Å². The Kier molecular flexibility index (Phi) is 6.19. The van der Waals surface area contributed by atoms with Crippen LogP contribution >= 0.6 is 0 Å². The molecule has 0 spiro atoms. The summed E-state index contributed by atoms with van der Waals surface area (Å²) >= 11 is -2.77. The number of aromatic nitrogens is 3. The minimum atomic E-state index is -2.77. The van der Waals surface area contributed by atoms with Crippen LogP contribution in [-0.4, -0.2) is 59.9 Å². The van der Waals surface area contributed by atoms with Crippen molar-refractivity contribution in [2.75, 3.05) is 18.4 Å². The minimum Gasteiger partial charge on any atom is -0.755 e. The van der Waals surface area contributed by atoms with Crippen molar-refractivity contribution >= 4 is 44.9 Å². The molecule has 0 amide bonds. The average Bonchev–Trinajstić information content (AvgIpc) is 3.33. The van der Waals surface area contributed by atoms with Crippen molar-refractivity contribution in [2.45, 2.75) is 26.4 Å². The summed E-state index contributed by atoms with van der Waals surface area (Å²) in [6, 6.07) is 9.17. The number of carboxylic acids is 1. The van der Waals surface area contributed by atoms with Crippen LogP contribution in [0.25, 0.3) is 27.6 Å². The van der Waals surface area contributed by atoms with Crippen LogP contribution in [0.15, 0.2) is 47.0 Å². The molecule has 2 aromatic heterocycles. The van der Waals surface area contributed by atoms with Crippen molar-refractivity contribution in [3.05, 3.63) is 48.3 Å². The van der Waals surface area contributed by atoms with Crippen molar-refractivity contribution in [1.29, 1.82) is 0 Å². The van der Waals surface area contributed by atoms with E-state index < -0.39 is 29.2 Å². The molecule has 2 atom stereocenters. The molecule has 0 bridgehead atoms. The smallest absolute Gasteiger partial charge is 0.327 e. The quantitative estimate of drug-likeness (QED) is 0.389. The lowest BCUT2D eigenvalue weighted by molar-refractivity contribution is -0.139. The number of carboxylic acid groups (broad SMARTS) is 1. The van der Waals surface area contributed by atoms with Gasteiger partial charge in [0.25, 0.3) is 0 Å². The number of anilines is 1. The number of hydrogen-bond donors (Lipinski definition) is 1. The highest BCUT2D eigenvalue weighted by Gasteiger charge is 2.30. The third-order valence-corrected chi connectivity index (χ3v) is 6.03. The summed E-state index contributed by atoms with van der Waals surface area (Å²) in [6.45, 7) is 4.00. The SMILES string of the molecule is CC(C)C(C(=O)O)N(c1ccc2oc3cc(-n4cc(CN(C)C)nn4)ccc3c2c1)S(=O)[O-]. The van der Waals surface area contributed by atoms with Gasteiger partial charge in [-0.3, -0.25) is 8.51 Å². The average molecular weight is 471 g/mol. The van der Waals surface area contributed by atoms with E-state index >= 15 is 0 Å². The maximum Gasteiger partial charge on any atom is 0.327 e. The first kappa shape index (κ1) is 22.9. The summed E-state index contributed by atoms with van der Waals surface area (Å²) in [5, 5.41) is 19.4. The molecule has 0 radical (unpaired) electrons. The third-order valence-electron chi connectivity index (χ3n) is 5.27. The molecule has 4 rings (SSSR count). The number of fused-ring (bicyclic) bond motifs is 3. The molecule has 0 fully saturated rings. The van der Waals surface area contributed by atoms with Gasteiger partial charge in [0.2, 0.25) is 0 Å². The zero-order valence-corrected chi connectivity index (χ0v) is 19.4. The van der Waals surface area contributed by atoms with Crippen molar-refractivity contribution < 1.29 is 23.1 Å². The lowest BCUT2D eigenvalue weighted by Gasteiger charge is -2.34. The van der Waals surface area contributed by atoms with Gasteiger partial charge in [-0.2, -0.15) is 0 Å². The van der Waals surface area contributed by atoms with Gasteiger partial charge in [-0.15, -0.1) is 5.10 Å². The predicted molar refractivity (Wildman–Crippen MR) is 124 cm³/mol. The molecule has 2 heterocycles. The Morgan fingerprint density at radius 1 is 1.18 bits per heavy atom. The minimum absolute atomic E-state index is 0.258. The van der Waals surface area contributed by atoms with Gasteiger partial charge < -0.3 is 19.0 Å². The lowest BCUT2D eigenvalue weighted by atomic mass is 10.0. The summed E-state index contributed by atoms with van der Waals surface area (Å²) in [4.78, 5) is 13.8. The molecular weight excluding hydrogens is 446 g/mol. The molecule has 4 aromatic rings. The molecule has 174 valence electrons. The van der Waals surface area contributed by atoms with E-state index in [0.29, 0.717) is 23.1 Å². The largest absolute Gasteiger partial charge is 0.755 e. The Morgan fingerprint density at radius 3 is 2.58 bits per heavy atom. The van der Waals surface area contributed by atoms with Crippen molar-refractivity contribution in [3.63, 3.8) is 0 Å². The van der Waals surface area contributed by atoms with Gasteiger partial charge >= 0.3 is 5.97 Å². The fourth-order valence-corrected chi connectivity index (χ4v) is 4.65. The first-order valence-electron chi connectivity index (χ1n) is 10.3. The van der Waals surface area contributed by atoms with E-state index in [4.69, 9.17) is 4.42 Å². The van der Waals surface area contributed by atoms with E-state index in [-0.39, 0.29) is 5.69 Å². The fraction of sp³-hybridized carbons (Fsp3) is 0.318. The summed E-state index contributed by atoms with van der Waals surface area (Å²) in [5.41, 5.74) is 3.02. The van der Waals surface area contributed by atoms with Gasteiger partial charge in [-0.1, -0.05) is 19.1 Å². The zero-order chi connectivity index (χ0) is 23.9. The Morgan fingerprint density at radius 2 is 1.94 bits per heavy atom. The molecule has 33 heavy (non-hydrogen) atoms. The Hall–Kier alpha value is -3.28. The molecule has 0 aliphatic heterocycles. The molecule has 0 saturated heterocycles. The molecule has 2 unspecified atom stereocenters. The number of hydrogen-bond acceptors (Lipinski definition) is 7. The fourth-order valence-electron chi connectivity index (χ4n) is 3.85. The van der Waals surface area contributed by atoms with E-state index in [1.54, 1.807) is 36.7 Å². The number of nitrogens with zero attached hydrogens (tertiary/aromatic N) is 5. The highest BCUT2D eigenvalue weighted by molar-refractivity contribution is 7.80. The van der Waals surface area contributed by atoms with Crippen LogP contribution in [-0.2, 0) is 22.6 Å². The van der Waals surface area contributed by atoms with Crippen LogP contribution in [0.5, 0.6) is 0 Å². The zero-order valence-electron chi connectivity index (χ0n) is 18.6. The van der Waals surface area contributed by atoms with Crippen molar-refractivity contribution in [3.8, 4) is 5.69 Å². The van der Waals surface area contributed by atoms with Crippen molar-refractivity contribution in [2.24, 2.45) is 5.92 Å². The third kappa shape index (κ3) is 4.47. The van der Waals surface area contributed by atoms with E-state index in [9.17, 15) is 18.7 Å². The van der Waals surface area contributed by atoms with Gasteiger partial charge in [-0.25, -0.2) is 9.48 Å². The number of aliphatic carboxylic acids is 1. The second kappa shape index (κ2) is 8.93. The van der Waals surface area contributed by atoms with Crippen LogP contribution in [0.1, 0.15) is 19.5 Å². The monoisotopic (exact) mass is 470 g/mol. The molecule has 1 N–H and O–H groups in total. The molecule has 0 saturated carbocycles. The summed E-state index contributed by atoms with van der Waals surface area (Å²) in [7, 11) is 3.91. The predicted octanol–water partition coefficient (Wildman–Crippen LogP) is 2.94. The highest BCUT2D eigenvalue weighted by atomic mass is 32.2. The van der Waals surface area contributed by atoms with Gasteiger partial charge in [0, 0.05) is 34.7 Å². The highest BCUT2D eigenvalue weighted by Crippen LogP contribution is 2.34. The van der Waals surface area contributed by atoms with Crippen LogP contribution in [0.4, 0.5) is 5.69 Å². The van der Waals surface area contributed by atoms with Crippen molar-refractivity contribution in [1.82, 2.24) is 19.9 Å². The molecular formula is C22H24N5O5S-. The van der Waals surface area contributed by atoms with Crippen LogP contribution < -0.4 is 4.31 Å². The molecule has 0 aliphatic rings.